The first kappa shape index (κ1) is 16.3. The molecule has 0 atom stereocenters. The highest BCUT2D eigenvalue weighted by Gasteiger charge is 2.15. The summed E-state index contributed by atoms with van der Waals surface area (Å²) < 4.78 is 57.6. The van der Waals surface area contributed by atoms with E-state index in [9.17, 15) is 17.2 Å². The molecule has 7 nitrogen and oxygen atoms in total. The number of nitrogens with one attached hydrogen (secondary N) is 1. The minimum Gasteiger partial charge on any atom is -0.497 e. The van der Waals surface area contributed by atoms with Gasteiger partial charge >= 0.3 is 0 Å². The van der Waals surface area contributed by atoms with E-state index in [0.29, 0.717) is 16.8 Å². The molecular formula is C14H12F2N4O3S. The summed E-state index contributed by atoms with van der Waals surface area (Å²) in [5.74, 6) is -1.18. The fraction of sp³-hybridized carbons (Fsp3) is 0.143. The Morgan fingerprint density at radius 2 is 1.92 bits per heavy atom. The zero-order valence-electron chi connectivity index (χ0n) is 12.4. The number of aromatic nitrogens is 3. The lowest BCUT2D eigenvalue weighted by Gasteiger charge is -2.08. The van der Waals surface area contributed by atoms with Gasteiger partial charge in [0.1, 0.15) is 22.9 Å². The molecule has 0 aliphatic heterocycles. The van der Waals surface area contributed by atoms with Crippen LogP contribution in [0.25, 0.3) is 16.7 Å². The van der Waals surface area contributed by atoms with E-state index in [1.54, 1.807) is 18.2 Å². The third-order valence-corrected chi connectivity index (χ3v) is 3.82. The van der Waals surface area contributed by atoms with Crippen LogP contribution in [0, 0.1) is 11.6 Å². The first-order valence-electron chi connectivity index (χ1n) is 6.75. The number of halogens is 2. The number of benzene rings is 2. The van der Waals surface area contributed by atoms with E-state index in [1.807, 2.05) is 4.72 Å². The van der Waals surface area contributed by atoms with Crippen molar-refractivity contribution in [2.24, 2.45) is 0 Å². The van der Waals surface area contributed by atoms with Gasteiger partial charge in [-0.15, -0.1) is 5.10 Å². The van der Waals surface area contributed by atoms with E-state index in [-0.39, 0.29) is 11.3 Å². The molecule has 126 valence electrons. The van der Waals surface area contributed by atoms with E-state index in [4.69, 9.17) is 4.74 Å². The highest BCUT2D eigenvalue weighted by atomic mass is 32.2. The topological polar surface area (TPSA) is 86.1 Å². The standard InChI is InChI=1S/C14H12F2N4O3S/c1-23-9-2-3-14-13(6-9)18-19-20(14)8-4-11(15)10(12(16)5-8)7-17-24(21)22/h2-6,24H,7H2,1H3,(H,17,21,22). The zero-order valence-corrected chi connectivity index (χ0v) is 13.3. The molecule has 1 aromatic heterocycles. The highest BCUT2D eigenvalue weighted by molar-refractivity contribution is 7.70. The van der Waals surface area contributed by atoms with E-state index in [1.165, 1.54) is 11.8 Å². The van der Waals surface area contributed by atoms with Gasteiger partial charge in [-0.05, 0) is 12.1 Å². The fourth-order valence-corrected chi connectivity index (χ4v) is 2.53. The van der Waals surface area contributed by atoms with Gasteiger partial charge in [0.2, 0.25) is 10.9 Å². The normalized spacial score (nSPS) is 11.3. The van der Waals surface area contributed by atoms with Gasteiger partial charge in [-0.3, -0.25) is 0 Å². The van der Waals surface area contributed by atoms with E-state index < -0.39 is 29.1 Å². The Bertz CT molecular complexity index is 956. The van der Waals surface area contributed by atoms with Gasteiger partial charge in [0.25, 0.3) is 0 Å². The molecule has 0 unspecified atom stereocenters. The second-order valence-corrected chi connectivity index (χ2v) is 5.67. The van der Waals surface area contributed by atoms with Gasteiger partial charge < -0.3 is 4.74 Å². The number of fused-ring (bicyclic) bond motifs is 1. The molecule has 0 saturated heterocycles. The van der Waals surface area contributed by atoms with Crippen molar-refractivity contribution >= 4 is 21.9 Å². The average molecular weight is 354 g/mol. The van der Waals surface area contributed by atoms with Crippen LogP contribution in [0.4, 0.5) is 8.78 Å². The molecular weight excluding hydrogens is 342 g/mol. The number of methoxy groups -OCH3 is 1. The van der Waals surface area contributed by atoms with Crippen LogP contribution < -0.4 is 9.46 Å². The van der Waals surface area contributed by atoms with Gasteiger partial charge in [-0.2, -0.15) is 0 Å². The first-order chi connectivity index (χ1) is 11.5. The summed E-state index contributed by atoms with van der Waals surface area (Å²) in [6.45, 7) is -0.466. The molecule has 24 heavy (non-hydrogen) atoms. The van der Waals surface area contributed by atoms with Crippen molar-refractivity contribution in [2.75, 3.05) is 7.11 Å². The lowest BCUT2D eigenvalue weighted by Crippen LogP contribution is -2.14. The molecule has 0 spiro atoms. The van der Waals surface area contributed by atoms with Crippen molar-refractivity contribution in [1.29, 1.82) is 0 Å². The summed E-state index contributed by atoms with van der Waals surface area (Å²) >= 11 is 0. The summed E-state index contributed by atoms with van der Waals surface area (Å²) in [5.41, 5.74) is 0.810. The smallest absolute Gasteiger partial charge is 0.201 e. The summed E-state index contributed by atoms with van der Waals surface area (Å²) in [6, 6.07) is 7.13. The Kier molecular flexibility index (Phi) is 4.40. The number of hydrogen-bond donors (Lipinski definition) is 2. The molecule has 0 bridgehead atoms. The van der Waals surface area contributed by atoms with Crippen molar-refractivity contribution in [1.82, 2.24) is 19.7 Å². The molecule has 0 amide bonds. The maximum absolute atomic E-state index is 14.1. The Balaban J connectivity index is 2.04. The van der Waals surface area contributed by atoms with Crippen LogP contribution in [0.5, 0.6) is 5.75 Å². The number of hydrogen-bond acceptors (Lipinski definition) is 5. The van der Waals surface area contributed by atoms with Gasteiger partial charge in [0, 0.05) is 30.3 Å². The largest absolute Gasteiger partial charge is 0.497 e. The van der Waals surface area contributed by atoms with Gasteiger partial charge in [0.05, 0.1) is 18.3 Å². The third kappa shape index (κ3) is 3.05. The Morgan fingerprint density at radius 3 is 2.54 bits per heavy atom. The summed E-state index contributed by atoms with van der Waals surface area (Å²) in [4.78, 5) is 0. The molecule has 2 aromatic carbocycles. The predicted octanol–water partition coefficient (Wildman–Crippen LogP) is 1.32. The molecule has 10 heteroatoms. The zero-order chi connectivity index (χ0) is 17.3. The molecule has 0 aliphatic rings. The van der Waals surface area contributed by atoms with Crippen LogP contribution >= 0.6 is 0 Å². The number of nitrogens with zero attached hydrogens (tertiary/aromatic N) is 3. The van der Waals surface area contributed by atoms with Crippen LogP contribution in [0.1, 0.15) is 5.56 Å². The Morgan fingerprint density at radius 1 is 1.21 bits per heavy atom. The van der Waals surface area contributed by atoms with E-state index in [0.717, 1.165) is 12.1 Å². The molecule has 0 radical (unpaired) electrons. The van der Waals surface area contributed by atoms with Crippen molar-refractivity contribution < 1.29 is 21.9 Å². The molecule has 1 heterocycles. The van der Waals surface area contributed by atoms with Crippen LogP contribution in [-0.4, -0.2) is 30.5 Å². The second kappa shape index (κ2) is 6.49. The van der Waals surface area contributed by atoms with Crippen LogP contribution in [0.2, 0.25) is 0 Å². The van der Waals surface area contributed by atoms with E-state index in [2.05, 4.69) is 10.3 Å². The molecule has 0 aliphatic carbocycles. The van der Waals surface area contributed by atoms with Crippen molar-refractivity contribution in [3.8, 4) is 11.4 Å². The average Bonchev–Trinajstić information content (AvgIpc) is 2.96. The summed E-state index contributed by atoms with van der Waals surface area (Å²) in [6.07, 6.45) is 0. The molecule has 1 N–H and O–H groups in total. The van der Waals surface area contributed by atoms with Gasteiger partial charge in [0.15, 0.2) is 0 Å². The Labute approximate surface area is 136 Å². The number of rotatable bonds is 5. The molecule has 3 rings (SSSR count). The van der Waals surface area contributed by atoms with Crippen molar-refractivity contribution in [2.45, 2.75) is 6.54 Å². The third-order valence-electron chi connectivity index (χ3n) is 3.41. The summed E-state index contributed by atoms with van der Waals surface area (Å²) in [7, 11) is -1.43. The van der Waals surface area contributed by atoms with Gasteiger partial charge in [-0.1, -0.05) is 5.21 Å². The second-order valence-electron chi connectivity index (χ2n) is 4.84. The Hall–Kier alpha value is -2.59. The number of ether oxygens (including phenoxy) is 1. The first-order valence-corrected chi connectivity index (χ1v) is 7.93. The quantitative estimate of drug-likeness (QED) is 0.675. The van der Waals surface area contributed by atoms with Crippen molar-refractivity contribution in [3.05, 3.63) is 47.5 Å². The summed E-state index contributed by atoms with van der Waals surface area (Å²) in [5, 5.41) is 7.83. The maximum atomic E-state index is 14.1. The minimum atomic E-state index is -2.94. The highest BCUT2D eigenvalue weighted by Crippen LogP contribution is 2.23. The van der Waals surface area contributed by atoms with Crippen molar-refractivity contribution in [3.63, 3.8) is 0 Å². The lowest BCUT2D eigenvalue weighted by molar-refractivity contribution is 0.415. The number of thiol groups is 1. The molecule has 0 saturated carbocycles. The molecule has 0 fully saturated rings. The predicted molar refractivity (Wildman–Crippen MR) is 82.5 cm³/mol. The SMILES string of the molecule is COc1ccc2c(c1)nnn2-c1cc(F)c(CN[SH](=O)=O)c(F)c1. The lowest BCUT2D eigenvalue weighted by atomic mass is 10.1. The fourth-order valence-electron chi connectivity index (χ4n) is 2.25. The van der Waals surface area contributed by atoms with E-state index >= 15 is 0 Å². The maximum Gasteiger partial charge on any atom is 0.201 e. The monoisotopic (exact) mass is 354 g/mol. The van der Waals surface area contributed by atoms with Crippen LogP contribution in [0.3, 0.4) is 0 Å². The van der Waals surface area contributed by atoms with Crippen LogP contribution in [0.15, 0.2) is 30.3 Å². The van der Waals surface area contributed by atoms with Gasteiger partial charge in [-0.25, -0.2) is 26.6 Å². The molecule has 3 aromatic rings. The minimum absolute atomic E-state index is 0.132. The van der Waals surface area contributed by atoms with Crippen LogP contribution in [-0.2, 0) is 17.4 Å².